The van der Waals surface area contributed by atoms with Crippen molar-refractivity contribution in [3.8, 4) is 0 Å². The molecule has 0 spiro atoms. The molecule has 1 aromatic rings. The first-order valence-electron chi connectivity index (χ1n) is 5.65. The van der Waals surface area contributed by atoms with Crippen LogP contribution in [-0.2, 0) is 0 Å². The molecule has 0 aromatic carbocycles. The third-order valence-corrected chi connectivity index (χ3v) is 2.76. The van der Waals surface area contributed by atoms with Gasteiger partial charge in [0.2, 0.25) is 5.82 Å². The predicted molar refractivity (Wildman–Crippen MR) is 60.8 cm³/mol. The highest BCUT2D eigenvalue weighted by atomic mass is 16.2. The SMILES string of the molecule is Nc1ccnc(C(=O)N2CCCCCC2)n1. The van der Waals surface area contributed by atoms with Crippen LogP contribution in [0.1, 0.15) is 36.3 Å². The zero-order valence-corrected chi connectivity index (χ0v) is 9.22. The summed E-state index contributed by atoms with van der Waals surface area (Å²) in [4.78, 5) is 21.8. The molecule has 0 saturated carbocycles. The smallest absolute Gasteiger partial charge is 0.291 e. The van der Waals surface area contributed by atoms with Gasteiger partial charge in [-0.1, -0.05) is 12.8 Å². The number of carbonyl (C=O) groups is 1. The van der Waals surface area contributed by atoms with Gasteiger partial charge in [0.25, 0.3) is 5.91 Å². The summed E-state index contributed by atoms with van der Waals surface area (Å²) < 4.78 is 0. The maximum absolute atomic E-state index is 12.1. The summed E-state index contributed by atoms with van der Waals surface area (Å²) in [6.07, 6.45) is 6.04. The van der Waals surface area contributed by atoms with Crippen molar-refractivity contribution in [2.24, 2.45) is 0 Å². The fourth-order valence-electron chi connectivity index (χ4n) is 1.89. The van der Waals surface area contributed by atoms with Crippen LogP contribution in [0.4, 0.5) is 5.82 Å². The number of nitrogens with zero attached hydrogens (tertiary/aromatic N) is 3. The number of likely N-dealkylation sites (tertiary alicyclic amines) is 1. The molecule has 0 atom stereocenters. The van der Waals surface area contributed by atoms with E-state index in [9.17, 15) is 4.79 Å². The number of nitrogens with two attached hydrogens (primary N) is 1. The normalized spacial score (nSPS) is 16.9. The lowest BCUT2D eigenvalue weighted by atomic mass is 10.2. The van der Waals surface area contributed by atoms with E-state index in [1.165, 1.54) is 19.0 Å². The van der Waals surface area contributed by atoms with E-state index < -0.39 is 0 Å². The molecule has 1 saturated heterocycles. The van der Waals surface area contributed by atoms with Gasteiger partial charge in [-0.3, -0.25) is 4.79 Å². The molecular weight excluding hydrogens is 204 g/mol. The van der Waals surface area contributed by atoms with Crippen LogP contribution in [0, 0.1) is 0 Å². The minimum Gasteiger partial charge on any atom is -0.384 e. The topological polar surface area (TPSA) is 72.1 Å². The van der Waals surface area contributed by atoms with Crippen molar-refractivity contribution in [1.29, 1.82) is 0 Å². The van der Waals surface area contributed by atoms with Crippen LogP contribution in [0.25, 0.3) is 0 Å². The average Bonchev–Trinajstić information content (AvgIpc) is 2.56. The minimum absolute atomic E-state index is 0.103. The van der Waals surface area contributed by atoms with E-state index in [0.29, 0.717) is 5.82 Å². The molecule has 1 aromatic heterocycles. The van der Waals surface area contributed by atoms with Crippen LogP contribution in [-0.4, -0.2) is 33.9 Å². The second kappa shape index (κ2) is 4.92. The van der Waals surface area contributed by atoms with Gasteiger partial charge in [-0.15, -0.1) is 0 Å². The van der Waals surface area contributed by atoms with Gasteiger partial charge in [-0.2, -0.15) is 0 Å². The Morgan fingerprint density at radius 3 is 2.56 bits per heavy atom. The summed E-state index contributed by atoms with van der Waals surface area (Å²) >= 11 is 0. The Morgan fingerprint density at radius 1 is 1.25 bits per heavy atom. The lowest BCUT2D eigenvalue weighted by molar-refractivity contribution is 0.0749. The average molecular weight is 220 g/mol. The predicted octanol–water partition coefficient (Wildman–Crippen LogP) is 1.07. The number of nitrogen functional groups attached to an aromatic ring is 1. The molecule has 5 heteroatoms. The van der Waals surface area contributed by atoms with Crippen LogP contribution < -0.4 is 5.73 Å². The first-order valence-corrected chi connectivity index (χ1v) is 5.65. The van der Waals surface area contributed by atoms with Crippen LogP contribution in [0.5, 0.6) is 0 Å². The van der Waals surface area contributed by atoms with Crippen molar-refractivity contribution < 1.29 is 4.79 Å². The van der Waals surface area contributed by atoms with Gasteiger partial charge in [0.15, 0.2) is 0 Å². The second-order valence-corrected chi connectivity index (χ2v) is 4.01. The Morgan fingerprint density at radius 2 is 1.94 bits per heavy atom. The molecular formula is C11H16N4O. The molecule has 1 fully saturated rings. The van der Waals surface area contributed by atoms with Crippen LogP contribution >= 0.6 is 0 Å². The summed E-state index contributed by atoms with van der Waals surface area (Å²) in [6.45, 7) is 1.61. The Bertz CT molecular complexity index is 372. The molecule has 0 bridgehead atoms. The van der Waals surface area contributed by atoms with Gasteiger partial charge >= 0.3 is 0 Å². The number of aromatic nitrogens is 2. The Labute approximate surface area is 94.7 Å². The molecule has 0 radical (unpaired) electrons. The van der Waals surface area contributed by atoms with Crippen molar-refractivity contribution in [2.75, 3.05) is 18.8 Å². The van der Waals surface area contributed by atoms with Crippen LogP contribution in [0.3, 0.4) is 0 Å². The Kier molecular flexibility index (Phi) is 3.34. The van der Waals surface area contributed by atoms with E-state index in [1.54, 1.807) is 6.07 Å². The van der Waals surface area contributed by atoms with Crippen LogP contribution in [0.15, 0.2) is 12.3 Å². The second-order valence-electron chi connectivity index (χ2n) is 4.01. The third kappa shape index (κ3) is 2.48. The Balaban J connectivity index is 2.11. The molecule has 16 heavy (non-hydrogen) atoms. The van der Waals surface area contributed by atoms with Gasteiger partial charge in [-0.05, 0) is 18.9 Å². The summed E-state index contributed by atoms with van der Waals surface area (Å²) in [6, 6.07) is 1.58. The molecule has 2 rings (SSSR count). The summed E-state index contributed by atoms with van der Waals surface area (Å²) in [5, 5.41) is 0. The zero-order valence-electron chi connectivity index (χ0n) is 9.22. The number of hydrogen-bond donors (Lipinski definition) is 1. The van der Waals surface area contributed by atoms with E-state index in [4.69, 9.17) is 5.73 Å². The highest BCUT2D eigenvalue weighted by molar-refractivity contribution is 5.90. The van der Waals surface area contributed by atoms with Crippen molar-refractivity contribution in [3.05, 3.63) is 18.1 Å². The summed E-state index contributed by atoms with van der Waals surface area (Å²) in [5.41, 5.74) is 5.53. The van der Waals surface area contributed by atoms with Gasteiger partial charge in [0, 0.05) is 19.3 Å². The zero-order chi connectivity index (χ0) is 11.4. The van der Waals surface area contributed by atoms with Gasteiger partial charge < -0.3 is 10.6 Å². The summed E-state index contributed by atoms with van der Waals surface area (Å²) in [5.74, 6) is 0.448. The molecule has 1 aliphatic rings. The molecule has 5 nitrogen and oxygen atoms in total. The van der Waals surface area contributed by atoms with Crippen molar-refractivity contribution >= 4 is 11.7 Å². The molecule has 86 valence electrons. The largest absolute Gasteiger partial charge is 0.384 e. The Hall–Kier alpha value is -1.65. The molecule has 0 aliphatic carbocycles. The summed E-state index contributed by atoms with van der Waals surface area (Å²) in [7, 11) is 0. The number of amides is 1. The maximum Gasteiger partial charge on any atom is 0.291 e. The highest BCUT2D eigenvalue weighted by Crippen LogP contribution is 2.11. The van der Waals surface area contributed by atoms with E-state index in [1.807, 2.05) is 4.90 Å². The molecule has 0 unspecified atom stereocenters. The maximum atomic E-state index is 12.1. The number of rotatable bonds is 1. The number of anilines is 1. The van der Waals surface area contributed by atoms with Gasteiger partial charge in [0.05, 0.1) is 0 Å². The molecule has 2 N–H and O–H groups in total. The third-order valence-electron chi connectivity index (χ3n) is 2.76. The van der Waals surface area contributed by atoms with Gasteiger partial charge in [0.1, 0.15) is 5.82 Å². The molecule has 1 amide bonds. The van der Waals surface area contributed by atoms with Crippen molar-refractivity contribution in [3.63, 3.8) is 0 Å². The molecule has 1 aliphatic heterocycles. The van der Waals surface area contributed by atoms with E-state index >= 15 is 0 Å². The molecule has 2 heterocycles. The fourth-order valence-corrected chi connectivity index (χ4v) is 1.89. The van der Waals surface area contributed by atoms with Gasteiger partial charge in [-0.25, -0.2) is 9.97 Å². The van der Waals surface area contributed by atoms with E-state index in [2.05, 4.69) is 9.97 Å². The number of hydrogen-bond acceptors (Lipinski definition) is 4. The van der Waals surface area contributed by atoms with Crippen molar-refractivity contribution in [1.82, 2.24) is 14.9 Å². The first kappa shape index (κ1) is 10.9. The highest BCUT2D eigenvalue weighted by Gasteiger charge is 2.19. The quantitative estimate of drug-likeness (QED) is 0.768. The lowest BCUT2D eigenvalue weighted by Crippen LogP contribution is -2.33. The monoisotopic (exact) mass is 220 g/mol. The minimum atomic E-state index is -0.103. The van der Waals surface area contributed by atoms with Crippen molar-refractivity contribution in [2.45, 2.75) is 25.7 Å². The van der Waals surface area contributed by atoms with Crippen LogP contribution in [0.2, 0.25) is 0 Å². The number of carbonyl (C=O) groups excluding carboxylic acids is 1. The standard InChI is InChI=1S/C11H16N4O/c12-9-5-6-13-10(14-9)11(16)15-7-3-1-2-4-8-15/h5-6H,1-4,7-8H2,(H2,12,13,14). The van der Waals surface area contributed by atoms with E-state index in [-0.39, 0.29) is 11.7 Å². The first-order chi connectivity index (χ1) is 7.77. The fraction of sp³-hybridized carbons (Fsp3) is 0.545. The van der Waals surface area contributed by atoms with E-state index in [0.717, 1.165) is 25.9 Å². The lowest BCUT2D eigenvalue weighted by Gasteiger charge is -2.18.